The maximum atomic E-state index is 11.5. The summed E-state index contributed by atoms with van der Waals surface area (Å²) in [6.45, 7) is 1.57. The van der Waals surface area contributed by atoms with Gasteiger partial charge in [-0.3, -0.25) is 4.79 Å². The Bertz CT molecular complexity index is 515. The first-order valence-electron chi connectivity index (χ1n) is 4.80. The van der Waals surface area contributed by atoms with Crippen molar-refractivity contribution in [1.29, 1.82) is 0 Å². The van der Waals surface area contributed by atoms with Crippen molar-refractivity contribution in [3.63, 3.8) is 0 Å². The molecule has 0 N–H and O–H groups in total. The molecule has 0 saturated carbocycles. The summed E-state index contributed by atoms with van der Waals surface area (Å²) in [5, 5.41) is 2.01. The summed E-state index contributed by atoms with van der Waals surface area (Å²) in [4.78, 5) is 11.5. The smallest absolute Gasteiger partial charge is 0.160 e. The topological polar surface area (TPSA) is 26.3 Å². The van der Waals surface area contributed by atoms with Gasteiger partial charge in [-0.15, -0.1) is 0 Å². The van der Waals surface area contributed by atoms with E-state index in [1.165, 1.54) is 0 Å². The molecule has 2 aromatic carbocycles. The first kappa shape index (κ1) is 9.71. The third kappa shape index (κ3) is 1.71. The fourth-order valence-corrected chi connectivity index (χ4v) is 1.69. The van der Waals surface area contributed by atoms with Crippen molar-refractivity contribution in [1.82, 2.24) is 0 Å². The monoisotopic (exact) mass is 200 g/mol. The minimum Gasteiger partial charge on any atom is -0.497 e. The Labute approximate surface area is 88.5 Å². The molecule has 0 fully saturated rings. The maximum Gasteiger partial charge on any atom is 0.160 e. The highest BCUT2D eigenvalue weighted by Crippen LogP contribution is 2.25. The third-order valence-corrected chi connectivity index (χ3v) is 2.45. The Morgan fingerprint density at radius 2 is 1.93 bits per heavy atom. The number of carbonyl (C=O) groups excluding carboxylic acids is 1. The van der Waals surface area contributed by atoms with Gasteiger partial charge in [-0.05, 0) is 29.8 Å². The van der Waals surface area contributed by atoms with Crippen molar-refractivity contribution in [2.24, 2.45) is 0 Å². The van der Waals surface area contributed by atoms with Gasteiger partial charge in [-0.1, -0.05) is 24.3 Å². The number of fused-ring (bicyclic) bond motifs is 1. The van der Waals surface area contributed by atoms with Crippen LogP contribution in [0.5, 0.6) is 5.75 Å². The van der Waals surface area contributed by atoms with E-state index in [0.29, 0.717) is 5.56 Å². The van der Waals surface area contributed by atoms with Gasteiger partial charge in [0.05, 0.1) is 7.11 Å². The van der Waals surface area contributed by atoms with Crippen LogP contribution in [0.3, 0.4) is 0 Å². The van der Waals surface area contributed by atoms with Crippen LogP contribution in [-0.4, -0.2) is 12.9 Å². The Morgan fingerprint density at radius 3 is 2.60 bits per heavy atom. The predicted octanol–water partition coefficient (Wildman–Crippen LogP) is 3.05. The molecule has 0 aromatic heterocycles. The summed E-state index contributed by atoms with van der Waals surface area (Å²) in [6.07, 6.45) is 0. The molecular weight excluding hydrogens is 188 g/mol. The van der Waals surface area contributed by atoms with Crippen LogP contribution in [0.4, 0.5) is 0 Å². The Morgan fingerprint density at radius 1 is 1.20 bits per heavy atom. The van der Waals surface area contributed by atoms with Gasteiger partial charge in [0.1, 0.15) is 5.75 Å². The number of hydrogen-bond donors (Lipinski definition) is 0. The fourth-order valence-electron chi connectivity index (χ4n) is 1.69. The van der Waals surface area contributed by atoms with Crippen LogP contribution in [0.25, 0.3) is 10.8 Å². The molecule has 0 radical (unpaired) electrons. The molecule has 0 heterocycles. The molecule has 2 nitrogen and oxygen atoms in total. The van der Waals surface area contributed by atoms with Crippen molar-refractivity contribution in [3.05, 3.63) is 42.0 Å². The lowest BCUT2D eigenvalue weighted by atomic mass is 10.0. The molecule has 0 unspecified atom stereocenters. The van der Waals surface area contributed by atoms with Crippen molar-refractivity contribution < 1.29 is 9.53 Å². The molecule has 0 aliphatic rings. The number of rotatable bonds is 2. The second-order valence-corrected chi connectivity index (χ2v) is 3.45. The van der Waals surface area contributed by atoms with E-state index >= 15 is 0 Å². The van der Waals surface area contributed by atoms with Crippen molar-refractivity contribution in [3.8, 4) is 5.75 Å². The Balaban J connectivity index is 2.80. The van der Waals surface area contributed by atoms with Crippen LogP contribution in [0, 0.1) is 0 Å². The van der Waals surface area contributed by atoms with Crippen LogP contribution < -0.4 is 4.74 Å². The van der Waals surface area contributed by atoms with E-state index in [-0.39, 0.29) is 5.78 Å². The van der Waals surface area contributed by atoms with E-state index in [1.807, 2.05) is 30.3 Å². The number of hydrogen-bond acceptors (Lipinski definition) is 2. The summed E-state index contributed by atoms with van der Waals surface area (Å²) in [7, 11) is 1.61. The van der Waals surface area contributed by atoms with E-state index in [2.05, 4.69) is 0 Å². The highest BCUT2D eigenvalue weighted by molar-refractivity contribution is 6.07. The van der Waals surface area contributed by atoms with Gasteiger partial charge < -0.3 is 4.74 Å². The van der Waals surface area contributed by atoms with Gasteiger partial charge in [0.25, 0.3) is 0 Å². The molecule has 0 bridgehead atoms. The van der Waals surface area contributed by atoms with E-state index in [0.717, 1.165) is 16.5 Å². The lowest BCUT2D eigenvalue weighted by Gasteiger charge is -2.06. The first-order valence-corrected chi connectivity index (χ1v) is 4.80. The van der Waals surface area contributed by atoms with Crippen molar-refractivity contribution in [2.75, 3.05) is 7.11 Å². The molecule has 0 amide bonds. The second-order valence-electron chi connectivity index (χ2n) is 3.45. The minimum atomic E-state index is 0.0603. The molecule has 15 heavy (non-hydrogen) atoms. The normalized spacial score (nSPS) is 10.3. The zero-order valence-corrected chi connectivity index (χ0v) is 8.78. The van der Waals surface area contributed by atoms with E-state index in [4.69, 9.17) is 4.74 Å². The minimum absolute atomic E-state index is 0.0603. The quantitative estimate of drug-likeness (QED) is 0.696. The summed E-state index contributed by atoms with van der Waals surface area (Å²) < 4.78 is 5.16. The lowest BCUT2D eigenvalue weighted by molar-refractivity contribution is 0.101. The maximum absolute atomic E-state index is 11.5. The van der Waals surface area contributed by atoms with Gasteiger partial charge in [-0.2, -0.15) is 0 Å². The highest BCUT2D eigenvalue weighted by atomic mass is 16.5. The molecule has 0 spiro atoms. The Hall–Kier alpha value is -1.83. The molecule has 2 heteroatoms. The Kier molecular flexibility index (Phi) is 2.42. The molecule has 0 atom stereocenters. The standard InChI is InChI=1S/C13H12O2/c1-9(14)13-8-11(15-2)7-10-5-3-4-6-12(10)13/h3-8H,1-2H3. The van der Waals surface area contributed by atoms with Gasteiger partial charge in [0.15, 0.2) is 5.78 Å². The molecule has 2 rings (SSSR count). The van der Waals surface area contributed by atoms with Crippen LogP contribution in [0.1, 0.15) is 17.3 Å². The van der Waals surface area contributed by atoms with Crippen LogP contribution in [0.2, 0.25) is 0 Å². The molecule has 0 aliphatic carbocycles. The number of Topliss-reactive ketones (excluding diaryl/α,β-unsaturated/α-hetero) is 1. The van der Waals surface area contributed by atoms with Crippen molar-refractivity contribution >= 4 is 16.6 Å². The molecule has 0 aliphatic heterocycles. The largest absolute Gasteiger partial charge is 0.497 e. The molecule has 0 saturated heterocycles. The molecule has 76 valence electrons. The number of ether oxygens (including phenoxy) is 1. The molecule has 2 aromatic rings. The average molecular weight is 200 g/mol. The highest BCUT2D eigenvalue weighted by Gasteiger charge is 2.07. The summed E-state index contributed by atoms with van der Waals surface area (Å²) in [6, 6.07) is 11.5. The first-order chi connectivity index (χ1) is 7.22. The van der Waals surface area contributed by atoms with Gasteiger partial charge in [0, 0.05) is 5.56 Å². The third-order valence-electron chi connectivity index (χ3n) is 2.45. The van der Waals surface area contributed by atoms with Crippen LogP contribution in [0.15, 0.2) is 36.4 Å². The zero-order valence-electron chi connectivity index (χ0n) is 8.78. The number of methoxy groups -OCH3 is 1. The fraction of sp³-hybridized carbons (Fsp3) is 0.154. The van der Waals surface area contributed by atoms with Crippen LogP contribution in [-0.2, 0) is 0 Å². The van der Waals surface area contributed by atoms with Gasteiger partial charge in [-0.25, -0.2) is 0 Å². The summed E-state index contributed by atoms with van der Waals surface area (Å²) in [5.74, 6) is 0.781. The summed E-state index contributed by atoms with van der Waals surface area (Å²) >= 11 is 0. The zero-order chi connectivity index (χ0) is 10.8. The predicted molar refractivity (Wildman–Crippen MR) is 60.5 cm³/mol. The lowest BCUT2D eigenvalue weighted by Crippen LogP contribution is -1.95. The number of carbonyl (C=O) groups is 1. The number of ketones is 1. The van der Waals surface area contributed by atoms with Crippen molar-refractivity contribution in [2.45, 2.75) is 6.92 Å². The van der Waals surface area contributed by atoms with Crippen LogP contribution >= 0.6 is 0 Å². The number of benzene rings is 2. The second kappa shape index (κ2) is 3.73. The average Bonchev–Trinajstić information content (AvgIpc) is 2.27. The van der Waals surface area contributed by atoms with E-state index in [1.54, 1.807) is 20.1 Å². The van der Waals surface area contributed by atoms with Gasteiger partial charge >= 0.3 is 0 Å². The molecular formula is C13H12O2. The SMILES string of the molecule is COc1cc(C(C)=O)c2ccccc2c1. The van der Waals surface area contributed by atoms with E-state index < -0.39 is 0 Å². The van der Waals surface area contributed by atoms with Gasteiger partial charge in [0.2, 0.25) is 0 Å². The van der Waals surface area contributed by atoms with E-state index in [9.17, 15) is 4.79 Å². The summed E-state index contributed by atoms with van der Waals surface area (Å²) in [5.41, 5.74) is 0.713.